The molecule has 102 valence electrons. The van der Waals surface area contributed by atoms with Crippen molar-refractivity contribution in [3.63, 3.8) is 0 Å². The molecule has 0 aromatic heterocycles. The number of hydrogen-bond acceptors (Lipinski definition) is 3. The minimum Gasteiger partial charge on any atom is -0.375 e. The molecule has 0 radical (unpaired) electrons. The number of morpholine rings is 1. The lowest BCUT2D eigenvalue weighted by Crippen LogP contribution is -2.42. The van der Waals surface area contributed by atoms with Gasteiger partial charge in [-0.1, -0.05) is 12.8 Å². The molecule has 3 atom stereocenters. The van der Waals surface area contributed by atoms with E-state index in [1.165, 1.54) is 25.7 Å². The van der Waals surface area contributed by atoms with Crippen molar-refractivity contribution in [2.24, 2.45) is 11.8 Å². The van der Waals surface area contributed by atoms with Crippen LogP contribution in [0.25, 0.3) is 0 Å². The molecule has 3 fully saturated rings. The van der Waals surface area contributed by atoms with Crippen molar-refractivity contribution >= 4 is 5.91 Å². The Morgan fingerprint density at radius 3 is 2.56 bits per heavy atom. The van der Waals surface area contributed by atoms with Gasteiger partial charge in [-0.05, 0) is 24.7 Å². The fourth-order valence-electron chi connectivity index (χ4n) is 3.68. The average Bonchev–Trinajstić information content (AvgIpc) is 2.84. The average molecular weight is 252 g/mol. The van der Waals surface area contributed by atoms with Crippen LogP contribution in [-0.2, 0) is 9.53 Å². The van der Waals surface area contributed by atoms with E-state index in [2.05, 4.69) is 10.2 Å². The van der Waals surface area contributed by atoms with E-state index in [1.807, 2.05) is 0 Å². The molecule has 4 nitrogen and oxygen atoms in total. The van der Waals surface area contributed by atoms with E-state index >= 15 is 0 Å². The van der Waals surface area contributed by atoms with E-state index in [0.29, 0.717) is 12.3 Å². The van der Waals surface area contributed by atoms with Gasteiger partial charge >= 0.3 is 0 Å². The molecule has 18 heavy (non-hydrogen) atoms. The summed E-state index contributed by atoms with van der Waals surface area (Å²) in [5.41, 5.74) is 0. The van der Waals surface area contributed by atoms with E-state index in [0.717, 1.165) is 44.6 Å². The predicted molar refractivity (Wildman–Crippen MR) is 69.3 cm³/mol. The summed E-state index contributed by atoms with van der Waals surface area (Å²) in [6, 6.07) is 0. The summed E-state index contributed by atoms with van der Waals surface area (Å²) < 4.78 is 5.62. The van der Waals surface area contributed by atoms with Crippen molar-refractivity contribution in [1.29, 1.82) is 0 Å². The molecule has 0 spiro atoms. The van der Waals surface area contributed by atoms with Crippen LogP contribution in [0.15, 0.2) is 0 Å². The number of likely N-dealkylation sites (tertiary alicyclic amines) is 1. The summed E-state index contributed by atoms with van der Waals surface area (Å²) >= 11 is 0. The highest BCUT2D eigenvalue weighted by atomic mass is 16.5. The van der Waals surface area contributed by atoms with E-state index in [-0.39, 0.29) is 6.10 Å². The summed E-state index contributed by atoms with van der Waals surface area (Å²) in [7, 11) is 0. The first-order valence-electron chi connectivity index (χ1n) is 7.43. The topological polar surface area (TPSA) is 41.6 Å². The monoisotopic (exact) mass is 252 g/mol. The van der Waals surface area contributed by atoms with Gasteiger partial charge in [-0.25, -0.2) is 0 Å². The lowest BCUT2D eigenvalue weighted by molar-refractivity contribution is -0.133. The lowest BCUT2D eigenvalue weighted by Gasteiger charge is -2.25. The van der Waals surface area contributed by atoms with Gasteiger partial charge in [0.2, 0.25) is 5.91 Å². The molecule has 2 aliphatic heterocycles. The highest BCUT2D eigenvalue weighted by Crippen LogP contribution is 2.36. The summed E-state index contributed by atoms with van der Waals surface area (Å²) in [6.07, 6.45) is 6.03. The molecule has 1 saturated carbocycles. The number of carbonyl (C=O) groups is 1. The Labute approximate surface area is 109 Å². The van der Waals surface area contributed by atoms with Crippen LogP contribution in [-0.4, -0.2) is 49.7 Å². The van der Waals surface area contributed by atoms with Crippen molar-refractivity contribution in [2.75, 3.05) is 32.8 Å². The van der Waals surface area contributed by atoms with Crippen LogP contribution in [0.3, 0.4) is 0 Å². The number of fused-ring (bicyclic) bond motifs is 1. The first kappa shape index (κ1) is 12.4. The normalized spacial score (nSPS) is 36.4. The SMILES string of the molecule is O=C(CC1CNCCO1)N1CC2CCCCC2C1. The number of carbonyl (C=O) groups excluding carboxylic acids is 1. The molecule has 3 rings (SSSR count). The maximum Gasteiger partial charge on any atom is 0.225 e. The van der Waals surface area contributed by atoms with Gasteiger partial charge in [-0.15, -0.1) is 0 Å². The van der Waals surface area contributed by atoms with E-state index in [4.69, 9.17) is 4.74 Å². The Hall–Kier alpha value is -0.610. The quantitative estimate of drug-likeness (QED) is 0.797. The van der Waals surface area contributed by atoms with E-state index < -0.39 is 0 Å². The Morgan fingerprint density at radius 2 is 1.94 bits per heavy atom. The van der Waals surface area contributed by atoms with Gasteiger partial charge in [0, 0.05) is 26.2 Å². The standard InChI is InChI=1S/C14H24N2O2/c17-14(7-13-8-15-5-6-18-13)16-9-11-3-1-2-4-12(11)10-16/h11-13,15H,1-10H2. The van der Waals surface area contributed by atoms with Gasteiger partial charge in [-0.3, -0.25) is 4.79 Å². The molecule has 1 amide bonds. The van der Waals surface area contributed by atoms with E-state index in [9.17, 15) is 4.79 Å². The molecule has 0 aromatic carbocycles. The highest BCUT2D eigenvalue weighted by molar-refractivity contribution is 5.77. The smallest absolute Gasteiger partial charge is 0.225 e. The van der Waals surface area contributed by atoms with Crippen molar-refractivity contribution < 1.29 is 9.53 Å². The molecule has 1 N–H and O–H groups in total. The third-order valence-electron chi connectivity index (χ3n) is 4.74. The zero-order chi connectivity index (χ0) is 12.4. The molecule has 0 bridgehead atoms. The van der Waals surface area contributed by atoms with E-state index in [1.54, 1.807) is 0 Å². The molecule has 2 saturated heterocycles. The Kier molecular flexibility index (Phi) is 3.85. The summed E-state index contributed by atoms with van der Waals surface area (Å²) in [5.74, 6) is 1.87. The van der Waals surface area contributed by atoms with Crippen LogP contribution in [0.4, 0.5) is 0 Å². The van der Waals surface area contributed by atoms with Crippen molar-refractivity contribution in [2.45, 2.75) is 38.2 Å². The van der Waals surface area contributed by atoms with Crippen molar-refractivity contribution in [3.05, 3.63) is 0 Å². The fourth-order valence-corrected chi connectivity index (χ4v) is 3.68. The van der Waals surface area contributed by atoms with Gasteiger partial charge in [0.15, 0.2) is 0 Å². The molecule has 3 unspecified atom stereocenters. The van der Waals surface area contributed by atoms with Crippen LogP contribution in [0.5, 0.6) is 0 Å². The maximum absolute atomic E-state index is 12.3. The molecule has 2 heterocycles. The second-order valence-electron chi connectivity index (χ2n) is 6.00. The van der Waals surface area contributed by atoms with Crippen LogP contribution in [0, 0.1) is 11.8 Å². The number of hydrogen-bond donors (Lipinski definition) is 1. The number of amides is 1. The second kappa shape index (κ2) is 5.57. The summed E-state index contributed by atoms with van der Waals surface area (Å²) in [6.45, 7) is 4.49. The number of nitrogens with zero attached hydrogens (tertiary/aromatic N) is 1. The molecule has 3 aliphatic rings. The number of ether oxygens (including phenoxy) is 1. The van der Waals surface area contributed by atoms with Gasteiger partial charge in [0.25, 0.3) is 0 Å². The number of nitrogens with one attached hydrogen (secondary N) is 1. The minimum atomic E-state index is 0.0916. The van der Waals surface area contributed by atoms with Crippen LogP contribution in [0.1, 0.15) is 32.1 Å². The van der Waals surface area contributed by atoms with Crippen LogP contribution in [0.2, 0.25) is 0 Å². The zero-order valence-electron chi connectivity index (χ0n) is 11.1. The third kappa shape index (κ3) is 2.69. The van der Waals surface area contributed by atoms with Crippen LogP contribution >= 0.6 is 0 Å². The first-order chi connectivity index (χ1) is 8.83. The maximum atomic E-state index is 12.3. The molecular weight excluding hydrogens is 228 g/mol. The predicted octanol–water partition coefficient (Wildman–Crippen LogP) is 1.01. The van der Waals surface area contributed by atoms with Crippen molar-refractivity contribution in [1.82, 2.24) is 10.2 Å². The van der Waals surface area contributed by atoms with Gasteiger partial charge in [0.1, 0.15) is 0 Å². The summed E-state index contributed by atoms with van der Waals surface area (Å²) in [5, 5.41) is 3.28. The van der Waals surface area contributed by atoms with Gasteiger partial charge in [0.05, 0.1) is 19.1 Å². The zero-order valence-corrected chi connectivity index (χ0v) is 11.1. The van der Waals surface area contributed by atoms with Crippen LogP contribution < -0.4 is 5.32 Å². The highest BCUT2D eigenvalue weighted by Gasteiger charge is 2.36. The lowest BCUT2D eigenvalue weighted by atomic mass is 9.82. The number of rotatable bonds is 2. The molecule has 4 heteroatoms. The fraction of sp³-hybridized carbons (Fsp3) is 0.929. The second-order valence-corrected chi connectivity index (χ2v) is 6.00. The molecule has 0 aromatic rings. The van der Waals surface area contributed by atoms with Gasteiger partial charge < -0.3 is 15.0 Å². The summed E-state index contributed by atoms with van der Waals surface area (Å²) in [4.78, 5) is 14.4. The third-order valence-corrected chi connectivity index (χ3v) is 4.74. The largest absolute Gasteiger partial charge is 0.375 e. The van der Waals surface area contributed by atoms with Gasteiger partial charge in [-0.2, -0.15) is 0 Å². The van der Waals surface area contributed by atoms with Crippen molar-refractivity contribution in [3.8, 4) is 0 Å². The Morgan fingerprint density at radius 1 is 1.22 bits per heavy atom. The Bertz CT molecular complexity index is 288. The molecule has 1 aliphatic carbocycles. The Balaban J connectivity index is 1.50. The molecular formula is C14H24N2O2. The minimum absolute atomic E-state index is 0.0916. The first-order valence-corrected chi connectivity index (χ1v) is 7.43.